The molecule has 0 atom stereocenters. The number of carbonyl (C=O) groups is 3. The smallest absolute Gasteiger partial charge is 0.153 e. The predicted molar refractivity (Wildman–Crippen MR) is 243 cm³/mol. The van der Waals surface area contributed by atoms with E-state index in [2.05, 4.69) is 45.1 Å². The molecule has 0 aliphatic rings. The van der Waals surface area contributed by atoms with Crippen molar-refractivity contribution in [2.75, 3.05) is 0 Å². The maximum Gasteiger partial charge on any atom is 0.153 e. The van der Waals surface area contributed by atoms with E-state index in [1.54, 1.807) is 0 Å². The Balaban J connectivity index is 4.56. The fraction of sp³-hybridized carbons (Fsp3) is 0.865. The fourth-order valence-electron chi connectivity index (χ4n) is 8.03. The van der Waals surface area contributed by atoms with Gasteiger partial charge in [-0.3, -0.25) is 9.59 Å². The van der Waals surface area contributed by atoms with Gasteiger partial charge in [-0.2, -0.15) is 0 Å². The second-order valence-electron chi connectivity index (χ2n) is 17.2. The van der Waals surface area contributed by atoms with Crippen LogP contribution in [0.25, 0.3) is 0 Å². The molecule has 0 saturated carbocycles. The second-order valence-corrected chi connectivity index (χ2v) is 17.2. The summed E-state index contributed by atoms with van der Waals surface area (Å²) >= 11 is 0. The Kier molecular flexibility index (Phi) is 42.4. The molecule has 0 heterocycles. The molecule has 0 spiro atoms. The highest BCUT2D eigenvalue weighted by Gasteiger charge is 2.43. The number of hydrogen-bond acceptors (Lipinski definition) is 3. The van der Waals surface area contributed by atoms with Gasteiger partial charge in [-0.1, -0.05) is 225 Å². The zero-order valence-corrected chi connectivity index (χ0v) is 37.6. The molecule has 0 radical (unpaired) electrons. The number of allylic oxidation sites excluding steroid dienone is 4. The number of rotatable bonds is 46. The fourth-order valence-corrected chi connectivity index (χ4v) is 8.03. The lowest BCUT2D eigenvalue weighted by atomic mass is 9.73. The number of Topliss-reactive ketones (excluding diaryl/α,β-unsaturated/α-hetero) is 2. The van der Waals surface area contributed by atoms with Gasteiger partial charge >= 0.3 is 0 Å². The maximum atomic E-state index is 13.7. The molecular weight excluding hydrogens is 673 g/mol. The zero-order valence-electron chi connectivity index (χ0n) is 37.6. The van der Waals surface area contributed by atoms with Crippen molar-refractivity contribution >= 4 is 17.9 Å². The molecule has 0 unspecified atom stereocenters. The van der Waals surface area contributed by atoms with Crippen LogP contribution in [0.3, 0.4) is 0 Å². The van der Waals surface area contributed by atoms with Crippen LogP contribution in [-0.2, 0) is 14.4 Å². The number of aldehydes is 1. The first-order valence-electron chi connectivity index (χ1n) is 24.9. The molecular formula is C52H96O3. The summed E-state index contributed by atoms with van der Waals surface area (Å²) in [5.74, 6) is -0.193. The van der Waals surface area contributed by atoms with Gasteiger partial charge in [-0.25, -0.2) is 0 Å². The molecule has 3 heteroatoms. The quantitative estimate of drug-likeness (QED) is 0.0268. The van der Waals surface area contributed by atoms with Gasteiger partial charge in [0.25, 0.3) is 0 Å². The molecule has 322 valence electrons. The minimum absolute atomic E-state index is 0.0963. The maximum absolute atomic E-state index is 13.7. The summed E-state index contributed by atoms with van der Waals surface area (Å²) in [4.78, 5) is 40.1. The highest BCUT2D eigenvalue weighted by atomic mass is 16.2. The van der Waals surface area contributed by atoms with Crippen molar-refractivity contribution in [1.82, 2.24) is 0 Å². The molecule has 0 aromatic rings. The van der Waals surface area contributed by atoms with E-state index in [1.807, 2.05) is 0 Å². The first kappa shape index (κ1) is 53.5. The largest absolute Gasteiger partial charge is 0.302 e. The van der Waals surface area contributed by atoms with Crippen molar-refractivity contribution in [3.05, 3.63) is 24.3 Å². The summed E-state index contributed by atoms with van der Waals surface area (Å²) in [6.45, 7) is 6.81. The average Bonchev–Trinajstić information content (AvgIpc) is 3.19. The number of ketones is 2. The Morgan fingerprint density at radius 3 is 0.836 bits per heavy atom. The van der Waals surface area contributed by atoms with Gasteiger partial charge in [0.2, 0.25) is 0 Å². The van der Waals surface area contributed by atoms with E-state index in [1.165, 1.54) is 173 Å². The average molecular weight is 769 g/mol. The van der Waals surface area contributed by atoms with Crippen molar-refractivity contribution in [3.8, 4) is 0 Å². The van der Waals surface area contributed by atoms with Gasteiger partial charge in [0.05, 0.1) is 0 Å². The standard InChI is InChI=1S/C52H96O3/c1-4-7-10-13-16-19-22-25-27-29-31-34-37-40-43-46-50(54)52(49-53,48-45-42-39-36-33-24-21-18-15-12-9-6-3)51(55)47-44-41-38-35-32-30-28-26-23-20-17-14-11-8-5-2/h25-28,49H,4-24,29-48H2,1-3H3. The zero-order chi connectivity index (χ0) is 40.2. The summed E-state index contributed by atoms with van der Waals surface area (Å²) in [5, 5.41) is 0. The van der Waals surface area contributed by atoms with Crippen LogP contribution in [0, 0.1) is 5.41 Å². The van der Waals surface area contributed by atoms with Crippen molar-refractivity contribution in [2.45, 2.75) is 284 Å². The van der Waals surface area contributed by atoms with Crippen molar-refractivity contribution in [1.29, 1.82) is 0 Å². The van der Waals surface area contributed by atoms with Crippen LogP contribution in [0.5, 0.6) is 0 Å². The minimum Gasteiger partial charge on any atom is -0.302 e. The van der Waals surface area contributed by atoms with E-state index in [-0.39, 0.29) is 11.6 Å². The van der Waals surface area contributed by atoms with Gasteiger partial charge in [-0.15, -0.1) is 0 Å². The lowest BCUT2D eigenvalue weighted by Crippen LogP contribution is -2.41. The Morgan fingerprint density at radius 2 is 0.564 bits per heavy atom. The second kappa shape index (κ2) is 43.6. The van der Waals surface area contributed by atoms with Crippen LogP contribution in [-0.4, -0.2) is 17.9 Å². The lowest BCUT2D eigenvalue weighted by molar-refractivity contribution is -0.145. The Morgan fingerprint density at radius 1 is 0.327 bits per heavy atom. The van der Waals surface area contributed by atoms with Crippen molar-refractivity contribution < 1.29 is 14.4 Å². The Hall–Kier alpha value is -1.51. The summed E-state index contributed by atoms with van der Waals surface area (Å²) in [6, 6.07) is 0. The van der Waals surface area contributed by atoms with E-state index in [0.29, 0.717) is 19.3 Å². The van der Waals surface area contributed by atoms with Gasteiger partial charge in [0.1, 0.15) is 11.7 Å². The van der Waals surface area contributed by atoms with E-state index >= 15 is 0 Å². The van der Waals surface area contributed by atoms with Gasteiger partial charge < -0.3 is 4.79 Å². The van der Waals surface area contributed by atoms with Crippen molar-refractivity contribution in [2.24, 2.45) is 5.41 Å². The highest BCUT2D eigenvalue weighted by Crippen LogP contribution is 2.31. The third kappa shape index (κ3) is 34.3. The summed E-state index contributed by atoms with van der Waals surface area (Å²) in [7, 11) is 0. The minimum atomic E-state index is -1.40. The number of hydrogen-bond donors (Lipinski definition) is 0. The third-order valence-corrected chi connectivity index (χ3v) is 12.0. The summed E-state index contributed by atoms with van der Waals surface area (Å²) < 4.78 is 0. The molecule has 3 nitrogen and oxygen atoms in total. The van der Waals surface area contributed by atoms with Gasteiger partial charge in [0.15, 0.2) is 11.6 Å². The van der Waals surface area contributed by atoms with Gasteiger partial charge in [-0.05, 0) is 70.6 Å². The summed E-state index contributed by atoms with van der Waals surface area (Å²) in [5.41, 5.74) is -1.40. The van der Waals surface area contributed by atoms with Crippen molar-refractivity contribution in [3.63, 3.8) is 0 Å². The molecule has 0 bridgehead atoms. The van der Waals surface area contributed by atoms with E-state index in [0.717, 1.165) is 76.9 Å². The third-order valence-electron chi connectivity index (χ3n) is 12.0. The van der Waals surface area contributed by atoms with Crippen LogP contribution in [0.4, 0.5) is 0 Å². The molecule has 0 saturated heterocycles. The summed E-state index contributed by atoms with van der Waals surface area (Å²) in [6.07, 6.45) is 57.8. The molecule has 0 aromatic heterocycles. The molecule has 55 heavy (non-hydrogen) atoms. The van der Waals surface area contributed by atoms with E-state index in [9.17, 15) is 14.4 Å². The SMILES string of the molecule is CCCCCCCCC=CCCCCCCCC(=O)C(C=O)(CCCCCCCCCCCCCC)C(=O)CCCCCCCC=CCCCCCCCC. The molecule has 0 fully saturated rings. The van der Waals surface area contributed by atoms with E-state index in [4.69, 9.17) is 0 Å². The Labute approximate surface area is 344 Å². The normalized spacial score (nSPS) is 12.9. The van der Waals surface area contributed by atoms with Crippen LogP contribution in [0.2, 0.25) is 0 Å². The monoisotopic (exact) mass is 769 g/mol. The first-order valence-corrected chi connectivity index (χ1v) is 24.9. The number of unbranched alkanes of at least 4 members (excludes halogenated alkanes) is 33. The van der Waals surface area contributed by atoms with E-state index < -0.39 is 5.41 Å². The van der Waals surface area contributed by atoms with Crippen LogP contribution in [0.1, 0.15) is 284 Å². The molecule has 0 rings (SSSR count). The highest BCUT2D eigenvalue weighted by molar-refractivity contribution is 6.18. The lowest BCUT2D eigenvalue weighted by Gasteiger charge is -2.25. The molecule has 0 amide bonds. The van der Waals surface area contributed by atoms with Gasteiger partial charge in [0, 0.05) is 12.8 Å². The first-order chi connectivity index (χ1) is 27.1. The van der Waals surface area contributed by atoms with Crippen LogP contribution in [0.15, 0.2) is 24.3 Å². The Bertz CT molecular complexity index is 833. The van der Waals surface area contributed by atoms with Crippen LogP contribution >= 0.6 is 0 Å². The molecule has 0 N–H and O–H groups in total. The van der Waals surface area contributed by atoms with Crippen LogP contribution < -0.4 is 0 Å². The molecule has 0 aromatic carbocycles. The number of carbonyl (C=O) groups excluding carboxylic acids is 3. The molecule has 0 aliphatic carbocycles. The topological polar surface area (TPSA) is 51.2 Å². The molecule has 0 aliphatic heterocycles. The predicted octanol–water partition coefficient (Wildman–Crippen LogP) is 17.5.